The maximum Gasteiger partial charge on any atom is 0.234 e. The fourth-order valence-corrected chi connectivity index (χ4v) is 3.65. The van der Waals surface area contributed by atoms with Gasteiger partial charge >= 0.3 is 0 Å². The Kier molecular flexibility index (Phi) is 6.11. The maximum absolute atomic E-state index is 11.6. The molecular weight excluding hydrogens is 240 g/mol. The molecule has 3 atom stereocenters. The van der Waals surface area contributed by atoms with E-state index in [-0.39, 0.29) is 5.91 Å². The first kappa shape index (κ1) is 14.8. The van der Waals surface area contributed by atoms with Crippen molar-refractivity contribution in [2.24, 2.45) is 11.8 Å². The molecule has 0 saturated heterocycles. The van der Waals surface area contributed by atoms with Crippen LogP contribution in [0.15, 0.2) is 0 Å². The van der Waals surface area contributed by atoms with Crippen LogP contribution in [0.4, 0.5) is 0 Å². The fraction of sp³-hybridized carbons (Fsp3) is 0.933. The van der Waals surface area contributed by atoms with Gasteiger partial charge in [-0.25, -0.2) is 0 Å². The largest absolute Gasteiger partial charge is 0.383 e. The monoisotopic (exact) mass is 268 g/mol. The molecule has 2 saturated carbocycles. The van der Waals surface area contributed by atoms with Crippen LogP contribution in [0.5, 0.6) is 0 Å². The Labute approximate surface area is 116 Å². The van der Waals surface area contributed by atoms with E-state index >= 15 is 0 Å². The number of hydrogen-bond acceptors (Lipinski definition) is 3. The third-order valence-corrected chi connectivity index (χ3v) is 4.72. The molecule has 3 unspecified atom stereocenters. The van der Waals surface area contributed by atoms with Crippen LogP contribution in [0.3, 0.4) is 0 Å². The highest BCUT2D eigenvalue weighted by atomic mass is 16.5. The van der Waals surface area contributed by atoms with E-state index in [0.29, 0.717) is 25.7 Å². The van der Waals surface area contributed by atoms with Gasteiger partial charge in [-0.3, -0.25) is 4.79 Å². The Morgan fingerprint density at radius 3 is 2.74 bits per heavy atom. The van der Waals surface area contributed by atoms with Crippen LogP contribution < -0.4 is 10.6 Å². The zero-order valence-corrected chi connectivity index (χ0v) is 12.1. The summed E-state index contributed by atoms with van der Waals surface area (Å²) in [5.41, 5.74) is 0. The van der Waals surface area contributed by atoms with Gasteiger partial charge in [0, 0.05) is 19.7 Å². The number of rotatable bonds is 6. The second-order valence-electron chi connectivity index (χ2n) is 6.04. The van der Waals surface area contributed by atoms with E-state index in [1.165, 1.54) is 44.9 Å². The molecule has 19 heavy (non-hydrogen) atoms. The molecule has 0 aromatic carbocycles. The standard InChI is InChI=1S/C15H28N2O2/c1-19-9-8-16-15(18)11-17-14-7-6-12-4-2-3-5-13(12)10-14/h12-14,17H,2-11H2,1H3,(H,16,18). The van der Waals surface area contributed by atoms with Crippen molar-refractivity contribution in [2.75, 3.05) is 26.8 Å². The summed E-state index contributed by atoms with van der Waals surface area (Å²) in [4.78, 5) is 11.6. The van der Waals surface area contributed by atoms with Crippen LogP contribution >= 0.6 is 0 Å². The summed E-state index contributed by atoms with van der Waals surface area (Å²) in [6.45, 7) is 1.64. The molecule has 4 heteroatoms. The summed E-state index contributed by atoms with van der Waals surface area (Å²) in [7, 11) is 1.65. The second kappa shape index (κ2) is 7.85. The number of carbonyl (C=O) groups excluding carboxylic acids is 1. The smallest absolute Gasteiger partial charge is 0.234 e. The highest BCUT2D eigenvalue weighted by Crippen LogP contribution is 2.40. The summed E-state index contributed by atoms with van der Waals surface area (Å²) in [5, 5.41) is 6.28. The van der Waals surface area contributed by atoms with Crippen molar-refractivity contribution in [1.29, 1.82) is 0 Å². The van der Waals surface area contributed by atoms with E-state index in [2.05, 4.69) is 10.6 Å². The Morgan fingerprint density at radius 1 is 1.16 bits per heavy atom. The van der Waals surface area contributed by atoms with Gasteiger partial charge in [0.2, 0.25) is 5.91 Å². The predicted molar refractivity (Wildman–Crippen MR) is 76.0 cm³/mol. The molecule has 0 aromatic rings. The number of carbonyl (C=O) groups is 1. The molecule has 110 valence electrons. The van der Waals surface area contributed by atoms with Gasteiger partial charge in [0.25, 0.3) is 0 Å². The van der Waals surface area contributed by atoms with Gasteiger partial charge in [0.05, 0.1) is 13.2 Å². The average molecular weight is 268 g/mol. The molecule has 2 fully saturated rings. The van der Waals surface area contributed by atoms with Gasteiger partial charge in [-0.1, -0.05) is 25.7 Å². The molecule has 0 heterocycles. The van der Waals surface area contributed by atoms with Crippen molar-refractivity contribution in [3.8, 4) is 0 Å². The molecule has 0 aliphatic heterocycles. The first-order chi connectivity index (χ1) is 9.29. The highest BCUT2D eigenvalue weighted by molar-refractivity contribution is 5.77. The number of nitrogens with one attached hydrogen (secondary N) is 2. The van der Waals surface area contributed by atoms with E-state index in [9.17, 15) is 4.79 Å². The summed E-state index contributed by atoms with van der Waals surface area (Å²) in [6, 6.07) is 0.549. The molecule has 0 spiro atoms. The molecule has 0 bridgehead atoms. The zero-order valence-electron chi connectivity index (χ0n) is 12.1. The van der Waals surface area contributed by atoms with Gasteiger partial charge in [-0.05, 0) is 31.1 Å². The number of fused-ring (bicyclic) bond motifs is 1. The molecule has 2 N–H and O–H groups in total. The fourth-order valence-electron chi connectivity index (χ4n) is 3.65. The molecular formula is C15H28N2O2. The Hall–Kier alpha value is -0.610. The van der Waals surface area contributed by atoms with Crippen molar-refractivity contribution < 1.29 is 9.53 Å². The minimum absolute atomic E-state index is 0.0859. The lowest BCUT2D eigenvalue weighted by molar-refractivity contribution is -0.120. The summed E-state index contributed by atoms with van der Waals surface area (Å²) < 4.78 is 4.91. The third kappa shape index (κ3) is 4.77. The summed E-state index contributed by atoms with van der Waals surface area (Å²) in [5.74, 6) is 1.97. The van der Waals surface area contributed by atoms with Crippen molar-refractivity contribution in [2.45, 2.75) is 51.0 Å². The van der Waals surface area contributed by atoms with Gasteiger partial charge < -0.3 is 15.4 Å². The van der Waals surface area contributed by atoms with E-state index in [4.69, 9.17) is 4.74 Å². The molecule has 4 nitrogen and oxygen atoms in total. The molecule has 0 radical (unpaired) electrons. The van der Waals surface area contributed by atoms with E-state index in [1.807, 2.05) is 0 Å². The van der Waals surface area contributed by atoms with Crippen molar-refractivity contribution >= 4 is 5.91 Å². The van der Waals surface area contributed by atoms with Crippen molar-refractivity contribution in [3.63, 3.8) is 0 Å². The van der Waals surface area contributed by atoms with E-state index < -0.39 is 0 Å². The molecule has 0 aromatic heterocycles. The Morgan fingerprint density at radius 2 is 1.95 bits per heavy atom. The lowest BCUT2D eigenvalue weighted by Crippen LogP contribution is -2.43. The van der Waals surface area contributed by atoms with Crippen LogP contribution in [0.2, 0.25) is 0 Å². The molecule has 2 aliphatic rings. The second-order valence-corrected chi connectivity index (χ2v) is 6.04. The number of hydrogen-bond donors (Lipinski definition) is 2. The van der Waals surface area contributed by atoms with Crippen LogP contribution in [-0.4, -0.2) is 38.8 Å². The Balaban J connectivity index is 1.62. The molecule has 2 aliphatic carbocycles. The minimum Gasteiger partial charge on any atom is -0.383 e. The number of ether oxygens (including phenoxy) is 1. The first-order valence-electron chi connectivity index (χ1n) is 7.78. The van der Waals surface area contributed by atoms with Gasteiger partial charge in [0.15, 0.2) is 0 Å². The van der Waals surface area contributed by atoms with Crippen molar-refractivity contribution in [1.82, 2.24) is 10.6 Å². The topological polar surface area (TPSA) is 50.4 Å². The normalized spacial score (nSPS) is 30.7. The summed E-state index contributed by atoms with van der Waals surface area (Å²) in [6.07, 6.45) is 9.56. The molecule has 1 amide bonds. The van der Waals surface area contributed by atoms with Crippen LogP contribution in [0, 0.1) is 11.8 Å². The van der Waals surface area contributed by atoms with Crippen LogP contribution in [0.1, 0.15) is 44.9 Å². The van der Waals surface area contributed by atoms with Crippen LogP contribution in [-0.2, 0) is 9.53 Å². The van der Waals surface area contributed by atoms with E-state index in [1.54, 1.807) is 7.11 Å². The van der Waals surface area contributed by atoms with E-state index in [0.717, 1.165) is 11.8 Å². The highest BCUT2D eigenvalue weighted by Gasteiger charge is 2.31. The van der Waals surface area contributed by atoms with Gasteiger partial charge in [-0.2, -0.15) is 0 Å². The lowest BCUT2D eigenvalue weighted by atomic mass is 9.69. The predicted octanol–water partition coefficient (Wildman–Crippen LogP) is 1.70. The van der Waals surface area contributed by atoms with Gasteiger partial charge in [-0.15, -0.1) is 0 Å². The number of methoxy groups -OCH3 is 1. The van der Waals surface area contributed by atoms with Crippen LogP contribution in [0.25, 0.3) is 0 Å². The minimum atomic E-state index is 0.0859. The maximum atomic E-state index is 11.6. The third-order valence-electron chi connectivity index (χ3n) is 4.72. The van der Waals surface area contributed by atoms with Crippen molar-refractivity contribution in [3.05, 3.63) is 0 Å². The average Bonchev–Trinajstić information content (AvgIpc) is 2.45. The zero-order chi connectivity index (χ0) is 13.5. The van der Waals surface area contributed by atoms with Gasteiger partial charge in [0.1, 0.15) is 0 Å². The lowest BCUT2D eigenvalue weighted by Gasteiger charge is -2.39. The quantitative estimate of drug-likeness (QED) is 0.721. The Bertz CT molecular complexity index is 283. The summed E-state index contributed by atoms with van der Waals surface area (Å²) >= 11 is 0. The SMILES string of the molecule is COCCNC(=O)CNC1CCC2CCCCC2C1. The first-order valence-corrected chi connectivity index (χ1v) is 7.78. The molecule has 2 rings (SSSR count). The number of amides is 1.